The van der Waals surface area contributed by atoms with E-state index in [4.69, 9.17) is 4.74 Å². The second kappa shape index (κ2) is 6.65. The molecular formula is C21H19F4NO2. The molecule has 1 heterocycles. The van der Waals surface area contributed by atoms with Crippen LogP contribution in [0.4, 0.5) is 17.6 Å². The maximum atomic E-state index is 13.8. The molecule has 0 saturated carbocycles. The zero-order valence-corrected chi connectivity index (χ0v) is 15.8. The number of ether oxygens (including phenoxy) is 1. The van der Waals surface area contributed by atoms with Crippen molar-refractivity contribution < 1.29 is 22.3 Å². The van der Waals surface area contributed by atoms with Gasteiger partial charge in [-0.2, -0.15) is 13.2 Å². The molecule has 148 valence electrons. The van der Waals surface area contributed by atoms with Gasteiger partial charge in [0.25, 0.3) is 0 Å². The van der Waals surface area contributed by atoms with Gasteiger partial charge in [-0.05, 0) is 38.0 Å². The number of rotatable bonds is 3. The Hall–Kier alpha value is -2.83. The summed E-state index contributed by atoms with van der Waals surface area (Å²) >= 11 is 0. The van der Waals surface area contributed by atoms with Crippen LogP contribution in [-0.4, -0.2) is 18.3 Å². The summed E-state index contributed by atoms with van der Waals surface area (Å²) in [4.78, 5) is 15.5. The number of aromatic amines is 1. The molecule has 3 nitrogen and oxygen atoms in total. The first-order valence-corrected chi connectivity index (χ1v) is 8.54. The number of fused-ring (bicyclic) bond motifs is 1. The molecule has 0 bridgehead atoms. The lowest BCUT2D eigenvalue weighted by Gasteiger charge is -2.29. The number of H-pyrrole nitrogens is 1. The van der Waals surface area contributed by atoms with E-state index in [0.29, 0.717) is 16.8 Å². The van der Waals surface area contributed by atoms with Crippen molar-refractivity contribution in [1.29, 1.82) is 0 Å². The van der Waals surface area contributed by atoms with Gasteiger partial charge in [-0.1, -0.05) is 18.2 Å². The lowest BCUT2D eigenvalue weighted by Crippen LogP contribution is -2.36. The summed E-state index contributed by atoms with van der Waals surface area (Å²) in [6, 6.07) is 8.02. The molecule has 0 atom stereocenters. The molecule has 0 spiro atoms. The predicted octanol–water partition coefficient (Wildman–Crippen LogP) is 5.49. The normalized spacial score (nSPS) is 12.4. The molecule has 0 aliphatic carbocycles. The van der Waals surface area contributed by atoms with Gasteiger partial charge in [0.2, 0.25) is 0 Å². The van der Waals surface area contributed by atoms with Gasteiger partial charge in [0.15, 0.2) is 5.43 Å². The number of hydrogen-bond donors (Lipinski definition) is 1. The highest BCUT2D eigenvalue weighted by molar-refractivity contribution is 5.87. The second-order valence-corrected chi connectivity index (χ2v) is 7.23. The summed E-state index contributed by atoms with van der Waals surface area (Å²) in [7, 11) is 1.34. The van der Waals surface area contributed by atoms with E-state index in [-0.39, 0.29) is 27.6 Å². The summed E-state index contributed by atoms with van der Waals surface area (Å²) in [5.74, 6) is -0.460. The highest BCUT2D eigenvalue weighted by Crippen LogP contribution is 2.41. The molecule has 0 aliphatic rings. The molecule has 0 aliphatic heterocycles. The summed E-state index contributed by atoms with van der Waals surface area (Å²) in [5, 5.41) is 0.208. The summed E-state index contributed by atoms with van der Waals surface area (Å²) in [6.07, 6.45) is -4.40. The van der Waals surface area contributed by atoms with Gasteiger partial charge in [-0.15, -0.1) is 0 Å². The fourth-order valence-corrected chi connectivity index (χ4v) is 3.14. The number of pyridine rings is 1. The molecule has 0 radical (unpaired) electrons. The molecule has 0 unspecified atom stereocenters. The number of halogens is 4. The molecule has 3 aromatic rings. The van der Waals surface area contributed by atoms with Crippen LogP contribution < -0.4 is 10.2 Å². The highest BCUT2D eigenvalue weighted by Gasteiger charge is 2.48. The summed E-state index contributed by atoms with van der Waals surface area (Å²) < 4.78 is 58.8. The van der Waals surface area contributed by atoms with Crippen LogP contribution in [0.15, 0.2) is 41.2 Å². The first-order chi connectivity index (χ1) is 13.0. The van der Waals surface area contributed by atoms with E-state index >= 15 is 0 Å². The third-order valence-electron chi connectivity index (χ3n) is 5.02. The Morgan fingerprint density at radius 1 is 1.04 bits per heavy atom. The van der Waals surface area contributed by atoms with Gasteiger partial charge in [-0.25, -0.2) is 4.39 Å². The second-order valence-electron chi connectivity index (χ2n) is 7.23. The van der Waals surface area contributed by atoms with Crippen LogP contribution in [0.2, 0.25) is 0 Å². The topological polar surface area (TPSA) is 42.1 Å². The summed E-state index contributed by atoms with van der Waals surface area (Å²) in [6.45, 7) is 3.91. The fourth-order valence-electron chi connectivity index (χ4n) is 3.14. The first kappa shape index (κ1) is 19.9. The average molecular weight is 393 g/mol. The van der Waals surface area contributed by atoms with E-state index in [1.165, 1.54) is 37.4 Å². The van der Waals surface area contributed by atoms with Gasteiger partial charge in [-0.3, -0.25) is 4.79 Å². The number of hydrogen-bond acceptors (Lipinski definition) is 2. The van der Waals surface area contributed by atoms with E-state index in [1.807, 2.05) is 0 Å². The van der Waals surface area contributed by atoms with E-state index in [0.717, 1.165) is 19.9 Å². The van der Waals surface area contributed by atoms with Gasteiger partial charge in [0.1, 0.15) is 11.6 Å². The Kier molecular flexibility index (Phi) is 4.73. The van der Waals surface area contributed by atoms with Crippen LogP contribution in [0.25, 0.3) is 22.2 Å². The van der Waals surface area contributed by atoms with E-state index in [1.54, 1.807) is 6.92 Å². The zero-order valence-electron chi connectivity index (χ0n) is 15.8. The molecule has 2 aromatic carbocycles. The smallest absolute Gasteiger partial charge is 0.397 e. The van der Waals surface area contributed by atoms with Crippen molar-refractivity contribution in [2.45, 2.75) is 32.4 Å². The highest BCUT2D eigenvalue weighted by atomic mass is 19.4. The molecule has 7 heteroatoms. The third kappa shape index (κ3) is 3.25. The molecule has 0 fully saturated rings. The van der Waals surface area contributed by atoms with Gasteiger partial charge in [0, 0.05) is 23.4 Å². The maximum Gasteiger partial charge on any atom is 0.397 e. The SMILES string of the molecule is COc1cc(F)cc2[nH]c(-c3ccc(C(C)(C)C(F)(F)F)cc3C)cc(=O)c12. The number of aromatic nitrogens is 1. The predicted molar refractivity (Wildman–Crippen MR) is 100 cm³/mol. The van der Waals surface area contributed by atoms with Crippen LogP contribution >= 0.6 is 0 Å². The average Bonchev–Trinajstić information content (AvgIpc) is 2.59. The Balaban J connectivity index is 2.17. The van der Waals surface area contributed by atoms with Crippen molar-refractivity contribution in [3.63, 3.8) is 0 Å². The Labute approximate surface area is 159 Å². The van der Waals surface area contributed by atoms with Gasteiger partial charge in [0.05, 0.1) is 23.4 Å². The van der Waals surface area contributed by atoms with Crippen LogP contribution in [0, 0.1) is 12.7 Å². The molecule has 0 amide bonds. The minimum absolute atomic E-state index is 0.113. The third-order valence-corrected chi connectivity index (χ3v) is 5.02. The minimum atomic E-state index is -4.40. The Morgan fingerprint density at radius 3 is 2.29 bits per heavy atom. The lowest BCUT2D eigenvalue weighted by atomic mass is 9.82. The lowest BCUT2D eigenvalue weighted by molar-refractivity contribution is -0.180. The van der Waals surface area contributed by atoms with Crippen molar-refractivity contribution in [3.05, 3.63) is 63.6 Å². The zero-order chi connectivity index (χ0) is 20.9. The molecule has 3 rings (SSSR count). The molecule has 28 heavy (non-hydrogen) atoms. The van der Waals surface area contributed by atoms with Crippen LogP contribution in [-0.2, 0) is 5.41 Å². The standard InChI is InChI=1S/C21H19F4NO2/c1-11-7-12(20(2,3)21(23,24)25)5-6-14(11)15-10-17(27)19-16(26-15)8-13(22)9-18(19)28-4/h5-10H,1-4H3,(H,26,27). The maximum absolute atomic E-state index is 13.8. The van der Waals surface area contributed by atoms with Crippen molar-refractivity contribution in [2.24, 2.45) is 0 Å². The van der Waals surface area contributed by atoms with Crippen LogP contribution in [0.1, 0.15) is 25.0 Å². The molecular weight excluding hydrogens is 374 g/mol. The number of methoxy groups -OCH3 is 1. The van der Waals surface area contributed by atoms with Crippen LogP contribution in [0.5, 0.6) is 5.75 Å². The van der Waals surface area contributed by atoms with E-state index < -0.39 is 17.4 Å². The van der Waals surface area contributed by atoms with Crippen molar-refractivity contribution >= 4 is 10.9 Å². The minimum Gasteiger partial charge on any atom is -0.496 e. The Morgan fingerprint density at radius 2 is 1.71 bits per heavy atom. The summed E-state index contributed by atoms with van der Waals surface area (Å²) in [5.41, 5.74) is -0.504. The van der Waals surface area contributed by atoms with E-state index in [9.17, 15) is 22.4 Å². The Bertz CT molecular complexity index is 1110. The number of benzene rings is 2. The fraction of sp³-hybridized carbons (Fsp3) is 0.286. The molecule has 1 N–H and O–H groups in total. The molecule has 1 aromatic heterocycles. The van der Waals surface area contributed by atoms with Crippen molar-refractivity contribution in [2.75, 3.05) is 7.11 Å². The monoisotopic (exact) mass is 393 g/mol. The number of alkyl halides is 3. The largest absolute Gasteiger partial charge is 0.496 e. The van der Waals surface area contributed by atoms with Crippen molar-refractivity contribution in [3.8, 4) is 17.0 Å². The van der Waals surface area contributed by atoms with Gasteiger partial charge >= 0.3 is 6.18 Å². The number of aryl methyl sites for hydroxylation is 1. The van der Waals surface area contributed by atoms with Crippen molar-refractivity contribution in [1.82, 2.24) is 4.98 Å². The quantitative estimate of drug-likeness (QED) is 0.598. The van der Waals surface area contributed by atoms with E-state index in [2.05, 4.69) is 4.98 Å². The molecule has 0 saturated heterocycles. The van der Waals surface area contributed by atoms with Gasteiger partial charge < -0.3 is 9.72 Å². The van der Waals surface area contributed by atoms with Crippen LogP contribution in [0.3, 0.4) is 0 Å². The number of nitrogens with one attached hydrogen (secondary N) is 1. The first-order valence-electron chi connectivity index (χ1n) is 8.54.